The molecule has 1 amide bonds. The number of benzene rings is 2. The van der Waals surface area contributed by atoms with E-state index in [1.54, 1.807) is 11.1 Å². The maximum atomic E-state index is 12.5. The number of rotatable bonds is 10. The van der Waals surface area contributed by atoms with Gasteiger partial charge in [-0.2, -0.15) is 5.10 Å². The average molecular weight is 718 g/mol. The van der Waals surface area contributed by atoms with Crippen molar-refractivity contribution in [2.75, 3.05) is 19.7 Å². The summed E-state index contributed by atoms with van der Waals surface area (Å²) in [6.45, 7) is 20.0. The fraction of sp³-hybridized carbons (Fsp3) is 0.486. The molecule has 1 fully saturated rings. The number of nitrogens with zero attached hydrogens (tertiary/aromatic N) is 7. The summed E-state index contributed by atoms with van der Waals surface area (Å²) in [5.74, 6) is 2.41. The number of fused-ring (bicyclic) bond motifs is 2. The van der Waals surface area contributed by atoms with Gasteiger partial charge in [0.05, 0.1) is 34.1 Å². The van der Waals surface area contributed by atoms with Gasteiger partial charge in [0.25, 0.3) is 0 Å². The van der Waals surface area contributed by atoms with Gasteiger partial charge in [-0.1, -0.05) is 31.2 Å². The maximum absolute atomic E-state index is 12.5. The van der Waals surface area contributed by atoms with Crippen LogP contribution in [0.4, 0.5) is 4.79 Å². The van der Waals surface area contributed by atoms with E-state index in [1.165, 1.54) is 0 Å². The van der Waals surface area contributed by atoms with E-state index in [0.717, 1.165) is 60.2 Å². The summed E-state index contributed by atoms with van der Waals surface area (Å²) in [6, 6.07) is 10.6. The summed E-state index contributed by atoms with van der Waals surface area (Å²) < 4.78 is 21.9. The second-order valence-corrected chi connectivity index (χ2v) is 21.4. The van der Waals surface area contributed by atoms with Crippen LogP contribution in [0.25, 0.3) is 33.3 Å². The molecular weight excluding hydrogens is 670 g/mol. The third-order valence-corrected chi connectivity index (χ3v) is 11.0. The van der Waals surface area contributed by atoms with Crippen molar-refractivity contribution in [1.82, 2.24) is 34.2 Å². The van der Waals surface area contributed by atoms with Crippen molar-refractivity contribution >= 4 is 47.8 Å². The van der Waals surface area contributed by atoms with E-state index in [0.29, 0.717) is 59.0 Å². The van der Waals surface area contributed by atoms with Gasteiger partial charge >= 0.3 is 6.09 Å². The van der Waals surface area contributed by atoms with Crippen LogP contribution in [0.5, 0.6) is 11.5 Å². The molecular formula is C37H48ClN7O4Si. The van der Waals surface area contributed by atoms with Gasteiger partial charge in [-0.25, -0.2) is 14.8 Å². The zero-order valence-electron chi connectivity index (χ0n) is 30.4. The fourth-order valence-corrected chi connectivity index (χ4v) is 7.10. The maximum Gasteiger partial charge on any atom is 0.410 e. The van der Waals surface area contributed by atoms with Crippen molar-refractivity contribution in [3.63, 3.8) is 0 Å². The highest BCUT2D eigenvalue weighted by atomic mass is 35.5. The zero-order valence-corrected chi connectivity index (χ0v) is 32.2. The van der Waals surface area contributed by atoms with Gasteiger partial charge in [-0.05, 0) is 83.7 Å². The number of ether oxygens (including phenoxy) is 3. The van der Waals surface area contributed by atoms with Gasteiger partial charge in [0.1, 0.15) is 40.2 Å². The lowest BCUT2D eigenvalue weighted by molar-refractivity contribution is 0.0177. The molecule has 0 saturated carbocycles. The predicted octanol–water partition coefficient (Wildman–Crippen LogP) is 8.86. The van der Waals surface area contributed by atoms with Crippen LogP contribution in [0.2, 0.25) is 30.7 Å². The topological polar surface area (TPSA) is 109 Å². The first-order chi connectivity index (χ1) is 23.6. The molecule has 1 aliphatic rings. The lowest BCUT2D eigenvalue weighted by Gasteiger charge is -2.33. The van der Waals surface area contributed by atoms with E-state index in [4.69, 9.17) is 40.9 Å². The Hall–Kier alpha value is -4.00. The number of carbonyl (C=O) groups excluding carboxylic acids is 1. The normalized spacial score (nSPS) is 14.5. The SMILES string of the molecule is Cc1nn(CC2CCN(C(=O)OC(C)(C)C)CC2)cc1-c1cnc2ccc(Oc3ccc4c(c3)nc(C)n4COCC[Si](C)(C)C)c(Cl)c2n1. The third-order valence-electron chi connectivity index (χ3n) is 8.91. The summed E-state index contributed by atoms with van der Waals surface area (Å²) in [5, 5.41) is 5.18. The molecule has 2 aromatic carbocycles. The van der Waals surface area contributed by atoms with Crippen LogP contribution in [0.15, 0.2) is 42.7 Å². The van der Waals surface area contributed by atoms with Crippen molar-refractivity contribution in [3.8, 4) is 22.8 Å². The highest BCUT2D eigenvalue weighted by Gasteiger charge is 2.27. The number of amides is 1. The molecule has 13 heteroatoms. The number of aromatic nitrogens is 6. The molecule has 0 unspecified atom stereocenters. The number of imidazole rings is 1. The van der Waals surface area contributed by atoms with Crippen LogP contribution in [-0.2, 0) is 22.7 Å². The molecule has 3 aromatic heterocycles. The Morgan fingerprint density at radius 2 is 1.80 bits per heavy atom. The fourth-order valence-electron chi connectivity index (χ4n) is 6.10. The molecule has 50 heavy (non-hydrogen) atoms. The molecule has 266 valence electrons. The zero-order chi connectivity index (χ0) is 35.8. The van der Waals surface area contributed by atoms with Crippen LogP contribution >= 0.6 is 11.6 Å². The third kappa shape index (κ3) is 8.47. The van der Waals surface area contributed by atoms with Crippen molar-refractivity contribution in [2.24, 2.45) is 5.92 Å². The Labute approximate surface area is 299 Å². The number of hydrogen-bond donors (Lipinski definition) is 0. The average Bonchev–Trinajstić information content (AvgIpc) is 3.56. The Bertz CT molecular complexity index is 2010. The monoisotopic (exact) mass is 717 g/mol. The quantitative estimate of drug-likeness (QED) is 0.104. The van der Waals surface area contributed by atoms with Gasteiger partial charge in [-0.15, -0.1) is 0 Å². The number of carbonyl (C=O) groups is 1. The number of halogens is 1. The molecule has 4 heterocycles. The molecule has 1 saturated heterocycles. The molecule has 0 spiro atoms. The molecule has 11 nitrogen and oxygen atoms in total. The van der Waals surface area contributed by atoms with Crippen LogP contribution < -0.4 is 4.74 Å². The van der Waals surface area contributed by atoms with Crippen molar-refractivity contribution in [2.45, 2.75) is 92.0 Å². The predicted molar refractivity (Wildman–Crippen MR) is 200 cm³/mol. The number of hydrogen-bond acceptors (Lipinski definition) is 8. The van der Waals surface area contributed by atoms with Crippen LogP contribution in [0.3, 0.4) is 0 Å². The first kappa shape index (κ1) is 35.8. The van der Waals surface area contributed by atoms with E-state index in [1.807, 2.05) is 75.8 Å². The minimum Gasteiger partial charge on any atom is -0.456 e. The van der Waals surface area contributed by atoms with E-state index in [9.17, 15) is 4.79 Å². The lowest BCUT2D eigenvalue weighted by Crippen LogP contribution is -2.42. The molecule has 0 bridgehead atoms. The minimum absolute atomic E-state index is 0.243. The highest BCUT2D eigenvalue weighted by Crippen LogP contribution is 2.36. The Morgan fingerprint density at radius 3 is 2.52 bits per heavy atom. The summed E-state index contributed by atoms with van der Waals surface area (Å²) >= 11 is 6.93. The molecule has 0 radical (unpaired) electrons. The number of aryl methyl sites for hydroxylation is 2. The van der Waals surface area contributed by atoms with E-state index >= 15 is 0 Å². The first-order valence-electron chi connectivity index (χ1n) is 17.3. The minimum atomic E-state index is -1.15. The van der Waals surface area contributed by atoms with Gasteiger partial charge in [-0.3, -0.25) is 9.67 Å². The standard InChI is InChI=1S/C37H48ClN7O4Si/c1-24-28(22-44(42-24)21-26-13-15-43(16-14-26)36(46)49-37(3,4)5)31-20-39-29-10-12-33(34(38)35(29)41-31)48-27-9-11-32-30(19-27)40-25(2)45(32)23-47-17-18-50(6,7)8/h9-12,19-20,22,26H,13-18,21,23H2,1-8H3. The number of piperidine rings is 1. The largest absolute Gasteiger partial charge is 0.456 e. The lowest BCUT2D eigenvalue weighted by atomic mass is 9.97. The molecule has 5 aromatic rings. The van der Waals surface area contributed by atoms with Gasteiger partial charge in [0.15, 0.2) is 0 Å². The van der Waals surface area contributed by atoms with Gasteiger partial charge in [0.2, 0.25) is 0 Å². The van der Waals surface area contributed by atoms with E-state index in [-0.39, 0.29) is 6.09 Å². The Balaban J connectivity index is 1.14. The smallest absolute Gasteiger partial charge is 0.410 e. The van der Waals surface area contributed by atoms with Crippen molar-refractivity contribution in [1.29, 1.82) is 0 Å². The van der Waals surface area contributed by atoms with Crippen LogP contribution in [0.1, 0.15) is 45.1 Å². The number of likely N-dealkylation sites (tertiary alicyclic amines) is 1. The summed E-state index contributed by atoms with van der Waals surface area (Å²) in [6.07, 6.45) is 5.32. The molecule has 6 rings (SSSR count). The summed E-state index contributed by atoms with van der Waals surface area (Å²) in [7, 11) is -1.15. The molecule has 0 aliphatic carbocycles. The summed E-state index contributed by atoms with van der Waals surface area (Å²) in [5.41, 5.74) is 5.00. The molecule has 0 N–H and O–H groups in total. The second-order valence-electron chi connectivity index (χ2n) is 15.4. The Kier molecular flexibility index (Phi) is 10.3. The van der Waals surface area contributed by atoms with Crippen LogP contribution in [0, 0.1) is 19.8 Å². The van der Waals surface area contributed by atoms with Crippen LogP contribution in [-0.4, -0.2) is 73.7 Å². The molecule has 1 aliphatic heterocycles. The van der Waals surface area contributed by atoms with E-state index < -0.39 is 13.7 Å². The van der Waals surface area contributed by atoms with Gasteiger partial charge < -0.3 is 23.7 Å². The van der Waals surface area contributed by atoms with Crippen molar-refractivity contribution in [3.05, 3.63) is 59.3 Å². The summed E-state index contributed by atoms with van der Waals surface area (Å²) in [4.78, 5) is 28.6. The molecule has 0 atom stereocenters. The van der Waals surface area contributed by atoms with Gasteiger partial charge in [0, 0.05) is 52.1 Å². The van der Waals surface area contributed by atoms with E-state index in [2.05, 4.69) is 29.2 Å². The highest BCUT2D eigenvalue weighted by molar-refractivity contribution is 6.76. The van der Waals surface area contributed by atoms with Crippen molar-refractivity contribution < 1.29 is 19.0 Å². The first-order valence-corrected chi connectivity index (χ1v) is 21.4. The Morgan fingerprint density at radius 1 is 1.04 bits per heavy atom. The second kappa shape index (κ2) is 14.3.